The van der Waals surface area contributed by atoms with Crippen LogP contribution in [0.4, 0.5) is 5.69 Å². The SMILES string of the molecule is CCCCC(=O)NCCN(C(C)=O)c1ccc(Br)cc1C. The maximum atomic E-state index is 11.8. The van der Waals surface area contributed by atoms with Gasteiger partial charge in [0.05, 0.1) is 0 Å². The third kappa shape index (κ3) is 5.87. The zero-order chi connectivity index (χ0) is 15.8. The lowest BCUT2D eigenvalue weighted by atomic mass is 10.2. The number of hydrogen-bond donors (Lipinski definition) is 1. The first-order valence-electron chi connectivity index (χ1n) is 7.26. The second kappa shape index (κ2) is 8.82. The van der Waals surface area contributed by atoms with Crippen molar-refractivity contribution in [3.05, 3.63) is 28.2 Å². The average molecular weight is 355 g/mol. The van der Waals surface area contributed by atoms with Crippen molar-refractivity contribution in [3.8, 4) is 0 Å². The number of benzene rings is 1. The molecule has 1 rings (SSSR count). The molecule has 0 aliphatic heterocycles. The number of anilines is 1. The summed E-state index contributed by atoms with van der Waals surface area (Å²) in [5.41, 5.74) is 1.91. The molecule has 0 aliphatic rings. The summed E-state index contributed by atoms with van der Waals surface area (Å²) in [6, 6.07) is 5.81. The van der Waals surface area contributed by atoms with Gasteiger partial charge in [0.15, 0.2) is 0 Å². The summed E-state index contributed by atoms with van der Waals surface area (Å²) in [5.74, 6) is 0.0242. The predicted octanol–water partition coefficient (Wildman–Crippen LogP) is 3.42. The van der Waals surface area contributed by atoms with Crippen molar-refractivity contribution < 1.29 is 9.59 Å². The number of carbonyl (C=O) groups is 2. The third-order valence-corrected chi connectivity index (χ3v) is 3.74. The zero-order valence-electron chi connectivity index (χ0n) is 12.9. The Kier molecular flexibility index (Phi) is 7.43. The summed E-state index contributed by atoms with van der Waals surface area (Å²) < 4.78 is 0.986. The average Bonchev–Trinajstić information content (AvgIpc) is 2.42. The highest BCUT2D eigenvalue weighted by molar-refractivity contribution is 9.10. The van der Waals surface area contributed by atoms with Crippen LogP contribution in [0.2, 0.25) is 0 Å². The Morgan fingerprint density at radius 3 is 2.62 bits per heavy atom. The molecule has 4 nitrogen and oxygen atoms in total. The lowest BCUT2D eigenvalue weighted by Gasteiger charge is -2.23. The van der Waals surface area contributed by atoms with Crippen LogP contribution in [0.3, 0.4) is 0 Å². The molecule has 1 aromatic carbocycles. The van der Waals surface area contributed by atoms with Crippen molar-refractivity contribution in [2.24, 2.45) is 0 Å². The number of unbranched alkanes of at least 4 members (excludes halogenated alkanes) is 1. The molecule has 5 heteroatoms. The second-order valence-electron chi connectivity index (χ2n) is 5.05. The third-order valence-electron chi connectivity index (χ3n) is 3.24. The molecule has 116 valence electrons. The number of carbonyl (C=O) groups excluding carboxylic acids is 2. The molecule has 0 spiro atoms. The smallest absolute Gasteiger partial charge is 0.223 e. The zero-order valence-corrected chi connectivity index (χ0v) is 14.5. The minimum Gasteiger partial charge on any atom is -0.354 e. The maximum Gasteiger partial charge on any atom is 0.223 e. The van der Waals surface area contributed by atoms with Gasteiger partial charge in [0.2, 0.25) is 11.8 Å². The Labute approximate surface area is 135 Å². The summed E-state index contributed by atoms with van der Waals surface area (Å²) >= 11 is 3.42. The fourth-order valence-corrected chi connectivity index (χ4v) is 2.58. The number of nitrogens with one attached hydrogen (secondary N) is 1. The van der Waals surface area contributed by atoms with E-state index in [9.17, 15) is 9.59 Å². The first kappa shape index (κ1) is 17.7. The Morgan fingerprint density at radius 1 is 1.33 bits per heavy atom. The van der Waals surface area contributed by atoms with Crippen molar-refractivity contribution in [1.29, 1.82) is 0 Å². The van der Waals surface area contributed by atoms with Gasteiger partial charge >= 0.3 is 0 Å². The van der Waals surface area contributed by atoms with E-state index in [2.05, 4.69) is 28.2 Å². The molecule has 0 heterocycles. The molecule has 0 fully saturated rings. The molecular formula is C16H23BrN2O2. The van der Waals surface area contributed by atoms with Crippen LogP contribution in [0.1, 0.15) is 38.7 Å². The molecule has 2 amide bonds. The molecule has 0 saturated carbocycles. The highest BCUT2D eigenvalue weighted by Gasteiger charge is 2.14. The first-order chi connectivity index (χ1) is 9.95. The van der Waals surface area contributed by atoms with Crippen molar-refractivity contribution in [3.63, 3.8) is 0 Å². The standard InChI is InChI=1S/C16H23BrN2O2/c1-4-5-6-16(21)18-9-10-19(13(3)20)15-8-7-14(17)11-12(15)2/h7-8,11H,4-6,9-10H2,1-3H3,(H,18,21). The van der Waals surface area contributed by atoms with E-state index in [-0.39, 0.29) is 11.8 Å². The van der Waals surface area contributed by atoms with Crippen molar-refractivity contribution in [2.45, 2.75) is 40.0 Å². The van der Waals surface area contributed by atoms with Crippen LogP contribution >= 0.6 is 15.9 Å². The Hall–Kier alpha value is -1.36. The maximum absolute atomic E-state index is 11.8. The lowest BCUT2D eigenvalue weighted by molar-refractivity contribution is -0.121. The Bertz CT molecular complexity index is 503. The molecule has 0 bridgehead atoms. The summed E-state index contributed by atoms with van der Waals surface area (Å²) in [6.45, 7) is 6.52. The van der Waals surface area contributed by atoms with Gasteiger partial charge in [-0.25, -0.2) is 0 Å². The largest absolute Gasteiger partial charge is 0.354 e. The van der Waals surface area contributed by atoms with Crippen molar-refractivity contribution in [1.82, 2.24) is 5.32 Å². The van der Waals surface area contributed by atoms with Gasteiger partial charge in [-0.1, -0.05) is 29.3 Å². The Morgan fingerprint density at radius 2 is 2.05 bits per heavy atom. The molecule has 0 unspecified atom stereocenters. The van der Waals surface area contributed by atoms with E-state index < -0.39 is 0 Å². The molecule has 0 atom stereocenters. The first-order valence-corrected chi connectivity index (χ1v) is 8.06. The molecule has 0 radical (unpaired) electrons. The molecule has 0 aromatic heterocycles. The fraction of sp³-hybridized carbons (Fsp3) is 0.500. The number of nitrogens with zero attached hydrogens (tertiary/aromatic N) is 1. The monoisotopic (exact) mass is 354 g/mol. The van der Waals surface area contributed by atoms with Gasteiger partial charge in [0, 0.05) is 36.6 Å². The Balaban J connectivity index is 2.62. The van der Waals surface area contributed by atoms with Gasteiger partial charge in [-0.15, -0.1) is 0 Å². The van der Waals surface area contributed by atoms with E-state index in [0.717, 1.165) is 28.6 Å². The highest BCUT2D eigenvalue weighted by atomic mass is 79.9. The van der Waals surface area contributed by atoms with E-state index >= 15 is 0 Å². The highest BCUT2D eigenvalue weighted by Crippen LogP contribution is 2.23. The molecular weight excluding hydrogens is 332 g/mol. The van der Waals surface area contributed by atoms with E-state index in [1.165, 1.54) is 0 Å². The second-order valence-corrected chi connectivity index (χ2v) is 5.97. The quantitative estimate of drug-likeness (QED) is 0.815. The van der Waals surface area contributed by atoms with Crippen molar-refractivity contribution in [2.75, 3.05) is 18.0 Å². The summed E-state index contributed by atoms with van der Waals surface area (Å²) in [7, 11) is 0. The predicted molar refractivity (Wildman–Crippen MR) is 89.4 cm³/mol. The molecule has 21 heavy (non-hydrogen) atoms. The number of aryl methyl sites for hydroxylation is 1. The van der Waals surface area contributed by atoms with Crippen LogP contribution < -0.4 is 10.2 Å². The minimum atomic E-state index is -0.0248. The van der Waals surface area contributed by atoms with Gasteiger partial charge in [-0.05, 0) is 37.1 Å². The van der Waals surface area contributed by atoms with Crippen LogP contribution in [0.25, 0.3) is 0 Å². The van der Waals surface area contributed by atoms with Gasteiger partial charge in [-0.3, -0.25) is 9.59 Å². The van der Waals surface area contributed by atoms with Crippen LogP contribution in [0, 0.1) is 6.92 Å². The van der Waals surface area contributed by atoms with Crippen LogP contribution in [-0.2, 0) is 9.59 Å². The van der Waals surface area contributed by atoms with Crippen LogP contribution in [-0.4, -0.2) is 24.9 Å². The van der Waals surface area contributed by atoms with Crippen molar-refractivity contribution >= 4 is 33.4 Å². The van der Waals surface area contributed by atoms with E-state index in [0.29, 0.717) is 19.5 Å². The van der Waals surface area contributed by atoms with Crippen LogP contribution in [0.5, 0.6) is 0 Å². The fourth-order valence-electron chi connectivity index (χ4n) is 2.10. The number of hydrogen-bond acceptors (Lipinski definition) is 2. The topological polar surface area (TPSA) is 49.4 Å². The number of rotatable bonds is 7. The minimum absolute atomic E-state index is 0.0248. The summed E-state index contributed by atoms with van der Waals surface area (Å²) in [5, 5.41) is 2.86. The number of amides is 2. The molecule has 0 aliphatic carbocycles. The number of halogens is 1. The van der Waals surface area contributed by atoms with E-state index in [1.54, 1.807) is 11.8 Å². The lowest BCUT2D eigenvalue weighted by Crippen LogP contribution is -2.37. The normalized spacial score (nSPS) is 10.3. The molecule has 0 saturated heterocycles. The molecule has 1 aromatic rings. The van der Waals surface area contributed by atoms with E-state index in [4.69, 9.17) is 0 Å². The van der Waals surface area contributed by atoms with Gasteiger partial charge in [0.1, 0.15) is 0 Å². The molecule has 1 N–H and O–H groups in total. The van der Waals surface area contributed by atoms with Gasteiger partial charge in [0.25, 0.3) is 0 Å². The van der Waals surface area contributed by atoms with Gasteiger partial charge in [-0.2, -0.15) is 0 Å². The van der Waals surface area contributed by atoms with Crippen LogP contribution in [0.15, 0.2) is 22.7 Å². The van der Waals surface area contributed by atoms with Gasteiger partial charge < -0.3 is 10.2 Å². The summed E-state index contributed by atoms with van der Waals surface area (Å²) in [6.07, 6.45) is 2.45. The van der Waals surface area contributed by atoms with E-state index in [1.807, 2.05) is 25.1 Å². The summed E-state index contributed by atoms with van der Waals surface area (Å²) in [4.78, 5) is 25.1.